The van der Waals surface area contributed by atoms with Crippen LogP contribution in [0.3, 0.4) is 0 Å². The van der Waals surface area contributed by atoms with Crippen molar-refractivity contribution < 1.29 is 4.79 Å². The second-order valence-corrected chi connectivity index (χ2v) is 2.92. The summed E-state index contributed by atoms with van der Waals surface area (Å²) in [5, 5.41) is 3.08. The number of nitrogens with zero attached hydrogens (tertiary/aromatic N) is 1. The molecule has 1 heterocycles. The van der Waals surface area contributed by atoms with Gasteiger partial charge in [0.1, 0.15) is 6.29 Å². The van der Waals surface area contributed by atoms with E-state index in [1.807, 2.05) is 0 Å². The summed E-state index contributed by atoms with van der Waals surface area (Å²) < 4.78 is 2.07. The average molecular weight is 146 g/mol. The van der Waals surface area contributed by atoms with Crippen molar-refractivity contribution in [2.45, 2.75) is 6.04 Å². The Morgan fingerprint density at radius 1 is 1.78 bits per heavy atom. The van der Waals surface area contributed by atoms with E-state index < -0.39 is 0 Å². The molecule has 0 spiro atoms. The number of hydrogen-bond acceptors (Lipinski definition) is 3. The molecule has 0 aromatic carbocycles. The van der Waals surface area contributed by atoms with Gasteiger partial charge in [-0.1, -0.05) is 9.39 Å². The van der Waals surface area contributed by atoms with E-state index in [0.717, 1.165) is 25.9 Å². The molecule has 0 bridgehead atoms. The van der Waals surface area contributed by atoms with E-state index in [2.05, 4.69) is 19.4 Å². The fourth-order valence-corrected chi connectivity index (χ4v) is 1.25. The molecule has 3 nitrogen and oxygen atoms in total. The third-order valence-electron chi connectivity index (χ3n) is 1.40. The van der Waals surface area contributed by atoms with Gasteiger partial charge in [0, 0.05) is 19.6 Å². The highest BCUT2D eigenvalue weighted by atomic mass is 31.0. The van der Waals surface area contributed by atoms with E-state index in [0.29, 0.717) is 0 Å². The van der Waals surface area contributed by atoms with Gasteiger partial charge >= 0.3 is 0 Å². The predicted molar refractivity (Wildman–Crippen MR) is 39.1 cm³/mol. The lowest BCUT2D eigenvalue weighted by Crippen LogP contribution is -2.47. The van der Waals surface area contributed by atoms with Gasteiger partial charge in [-0.15, -0.1) is 0 Å². The maximum absolute atomic E-state index is 10.2. The van der Waals surface area contributed by atoms with Crippen LogP contribution in [0.1, 0.15) is 0 Å². The fraction of sp³-hybridized carbons (Fsp3) is 0.800. The number of rotatable bonds is 1. The highest BCUT2D eigenvalue weighted by Gasteiger charge is 2.14. The average Bonchev–Trinajstić information content (AvgIpc) is 1.88. The van der Waals surface area contributed by atoms with Crippen LogP contribution in [0.15, 0.2) is 0 Å². The fourth-order valence-electron chi connectivity index (χ4n) is 0.893. The molecule has 4 heteroatoms. The summed E-state index contributed by atoms with van der Waals surface area (Å²) in [5.74, 6) is 0. The lowest BCUT2D eigenvalue weighted by atomic mass is 10.3. The Balaban J connectivity index is 2.31. The standard InChI is InChI=1S/C5H11N2OP/c8-4-5-3-7(9)2-1-6-5/h4-6H,1-3,9H2. The van der Waals surface area contributed by atoms with Crippen molar-refractivity contribution >= 4 is 15.7 Å². The van der Waals surface area contributed by atoms with E-state index in [-0.39, 0.29) is 6.04 Å². The van der Waals surface area contributed by atoms with Gasteiger partial charge in [0.25, 0.3) is 0 Å². The highest BCUT2D eigenvalue weighted by molar-refractivity contribution is 7.13. The van der Waals surface area contributed by atoms with Crippen molar-refractivity contribution in [2.75, 3.05) is 19.6 Å². The van der Waals surface area contributed by atoms with Crippen molar-refractivity contribution in [3.8, 4) is 0 Å². The second kappa shape index (κ2) is 3.25. The normalized spacial score (nSPS) is 30.1. The second-order valence-electron chi connectivity index (χ2n) is 2.19. The van der Waals surface area contributed by atoms with Crippen molar-refractivity contribution in [3.63, 3.8) is 0 Å². The van der Waals surface area contributed by atoms with Gasteiger partial charge in [0.05, 0.1) is 6.04 Å². The predicted octanol–water partition coefficient (Wildman–Crippen LogP) is -0.751. The van der Waals surface area contributed by atoms with Crippen LogP contribution < -0.4 is 5.32 Å². The first kappa shape index (κ1) is 7.13. The SMILES string of the molecule is O=CC1CN(P)CCN1. The zero-order chi connectivity index (χ0) is 6.69. The molecule has 1 aliphatic heterocycles. The van der Waals surface area contributed by atoms with E-state index in [1.54, 1.807) is 0 Å². The summed E-state index contributed by atoms with van der Waals surface area (Å²) in [6.07, 6.45) is 0.955. The Bertz CT molecular complexity index is 109. The van der Waals surface area contributed by atoms with Crippen LogP contribution in [0.25, 0.3) is 0 Å². The third-order valence-corrected chi connectivity index (χ3v) is 1.87. The van der Waals surface area contributed by atoms with Crippen LogP contribution in [-0.4, -0.2) is 36.6 Å². The largest absolute Gasteiger partial charge is 0.305 e. The molecule has 0 aromatic heterocycles. The minimum atomic E-state index is 0.0382. The summed E-state index contributed by atoms with van der Waals surface area (Å²) in [4.78, 5) is 10.2. The van der Waals surface area contributed by atoms with E-state index in [4.69, 9.17) is 0 Å². The number of nitrogens with one attached hydrogen (secondary N) is 1. The minimum absolute atomic E-state index is 0.0382. The Labute approximate surface area is 57.1 Å². The molecule has 1 fully saturated rings. The number of carbonyl (C=O) groups is 1. The van der Waals surface area contributed by atoms with E-state index >= 15 is 0 Å². The van der Waals surface area contributed by atoms with Crippen LogP contribution in [0.2, 0.25) is 0 Å². The van der Waals surface area contributed by atoms with Crippen LogP contribution >= 0.6 is 9.39 Å². The Hall–Kier alpha value is 0.0200. The monoisotopic (exact) mass is 146 g/mol. The summed E-state index contributed by atoms with van der Waals surface area (Å²) in [6.45, 7) is 2.73. The first-order chi connectivity index (χ1) is 4.33. The van der Waals surface area contributed by atoms with Gasteiger partial charge in [-0.25, -0.2) is 0 Å². The first-order valence-corrected chi connectivity index (χ1v) is 3.53. The maximum Gasteiger partial charge on any atom is 0.138 e. The molecule has 0 amide bonds. The number of carbonyl (C=O) groups excluding carboxylic acids is 1. The van der Waals surface area contributed by atoms with Crippen molar-refractivity contribution in [1.82, 2.24) is 9.99 Å². The zero-order valence-corrected chi connectivity index (χ0v) is 6.36. The maximum atomic E-state index is 10.2. The van der Waals surface area contributed by atoms with Gasteiger partial charge in [0.15, 0.2) is 0 Å². The Morgan fingerprint density at radius 3 is 3.00 bits per heavy atom. The Kier molecular flexibility index (Phi) is 2.58. The minimum Gasteiger partial charge on any atom is -0.305 e. The molecule has 2 atom stereocenters. The molecule has 1 N–H and O–H groups in total. The molecular weight excluding hydrogens is 135 g/mol. The molecule has 2 unspecified atom stereocenters. The molecule has 0 aromatic rings. The molecule has 0 radical (unpaired) electrons. The van der Waals surface area contributed by atoms with E-state index in [9.17, 15) is 4.79 Å². The summed E-state index contributed by atoms with van der Waals surface area (Å²) >= 11 is 0. The quantitative estimate of drug-likeness (QED) is 0.390. The zero-order valence-electron chi connectivity index (χ0n) is 5.21. The Morgan fingerprint density at radius 2 is 2.56 bits per heavy atom. The van der Waals surface area contributed by atoms with Crippen molar-refractivity contribution in [1.29, 1.82) is 0 Å². The molecule has 52 valence electrons. The van der Waals surface area contributed by atoms with Crippen LogP contribution in [0.4, 0.5) is 0 Å². The lowest BCUT2D eigenvalue weighted by Gasteiger charge is -2.26. The van der Waals surface area contributed by atoms with Gasteiger partial charge in [-0.3, -0.25) is 4.67 Å². The van der Waals surface area contributed by atoms with Crippen LogP contribution in [-0.2, 0) is 4.79 Å². The summed E-state index contributed by atoms with van der Waals surface area (Å²) in [6, 6.07) is 0.0382. The number of aldehydes is 1. The summed E-state index contributed by atoms with van der Waals surface area (Å²) in [5.41, 5.74) is 0. The van der Waals surface area contributed by atoms with Gasteiger partial charge < -0.3 is 10.1 Å². The molecule has 0 saturated carbocycles. The van der Waals surface area contributed by atoms with E-state index in [1.165, 1.54) is 0 Å². The molecule has 1 rings (SSSR count). The van der Waals surface area contributed by atoms with Gasteiger partial charge in [-0.05, 0) is 0 Å². The van der Waals surface area contributed by atoms with Crippen molar-refractivity contribution in [3.05, 3.63) is 0 Å². The topological polar surface area (TPSA) is 32.3 Å². The van der Waals surface area contributed by atoms with Crippen LogP contribution in [0.5, 0.6) is 0 Å². The van der Waals surface area contributed by atoms with Crippen molar-refractivity contribution in [2.24, 2.45) is 0 Å². The molecule has 1 aliphatic rings. The summed E-state index contributed by atoms with van der Waals surface area (Å²) in [7, 11) is 2.59. The van der Waals surface area contributed by atoms with Gasteiger partial charge in [0.2, 0.25) is 0 Å². The van der Waals surface area contributed by atoms with Gasteiger partial charge in [-0.2, -0.15) is 0 Å². The lowest BCUT2D eigenvalue weighted by molar-refractivity contribution is -0.110. The molecule has 1 saturated heterocycles. The highest BCUT2D eigenvalue weighted by Crippen LogP contribution is 2.01. The molecule has 0 aliphatic carbocycles. The first-order valence-electron chi connectivity index (χ1n) is 3.01. The number of piperazine rings is 1. The smallest absolute Gasteiger partial charge is 0.138 e. The third kappa shape index (κ3) is 2.01. The van der Waals surface area contributed by atoms with Crippen LogP contribution in [0, 0.1) is 0 Å². The molecule has 9 heavy (non-hydrogen) atoms. The molecular formula is C5H11N2OP. The number of hydrogen-bond donors (Lipinski definition) is 1.